The molecule has 152 valence electrons. The maximum atomic E-state index is 12.6. The molecule has 0 aliphatic carbocycles. The summed E-state index contributed by atoms with van der Waals surface area (Å²) in [5, 5.41) is 8.98. The summed E-state index contributed by atoms with van der Waals surface area (Å²) in [4.78, 5) is 17.0. The van der Waals surface area contributed by atoms with Gasteiger partial charge >= 0.3 is 0 Å². The van der Waals surface area contributed by atoms with Gasteiger partial charge in [-0.3, -0.25) is 4.79 Å². The zero-order valence-corrected chi connectivity index (χ0v) is 16.3. The number of ether oxygens (including phenoxy) is 1. The van der Waals surface area contributed by atoms with Crippen molar-refractivity contribution >= 4 is 16.7 Å². The first kappa shape index (κ1) is 18.6. The number of hydrogen-bond donors (Lipinski definition) is 1. The summed E-state index contributed by atoms with van der Waals surface area (Å²) in [6, 6.07) is 13.7. The lowest BCUT2D eigenvalue weighted by Gasteiger charge is -2.08. The monoisotopic (exact) mass is 403 g/mol. The molecular weight excluding hydrogens is 382 g/mol. The van der Waals surface area contributed by atoms with Crippen LogP contribution in [0.15, 0.2) is 63.9 Å². The van der Waals surface area contributed by atoms with Crippen molar-refractivity contribution in [2.24, 2.45) is 0 Å². The van der Waals surface area contributed by atoms with Gasteiger partial charge in [-0.1, -0.05) is 29.4 Å². The predicted octanol–water partition coefficient (Wildman–Crippen LogP) is 4.31. The number of aromatic nitrogens is 2. The topological polar surface area (TPSA) is 90.4 Å². The van der Waals surface area contributed by atoms with E-state index in [1.165, 1.54) is 0 Å². The molecule has 2 aromatic carbocycles. The zero-order valence-electron chi connectivity index (χ0n) is 16.3. The van der Waals surface area contributed by atoms with E-state index in [-0.39, 0.29) is 12.0 Å². The summed E-state index contributed by atoms with van der Waals surface area (Å²) in [7, 11) is 0. The summed E-state index contributed by atoms with van der Waals surface area (Å²) >= 11 is 0. The van der Waals surface area contributed by atoms with Gasteiger partial charge in [0.05, 0.1) is 12.5 Å². The van der Waals surface area contributed by atoms with Crippen LogP contribution in [-0.2, 0) is 11.2 Å². The van der Waals surface area contributed by atoms with Crippen molar-refractivity contribution < 1.29 is 18.5 Å². The molecule has 30 heavy (non-hydrogen) atoms. The first-order valence-corrected chi connectivity index (χ1v) is 10.1. The standard InChI is InChI=1S/C23H21N3O4/c27-22(24-10-8-21-25-23(30-26-21)20-5-2-11-29-20)16-6-7-19-15(13-16)3-1-4-18(19)17-9-12-28-14-17/h1,3-4,6-7,9,12-14,20H,2,5,8,10-11H2,(H,24,27). The van der Waals surface area contributed by atoms with Crippen LogP contribution in [0, 0.1) is 0 Å². The molecule has 0 bridgehead atoms. The van der Waals surface area contributed by atoms with Crippen LogP contribution < -0.4 is 5.32 Å². The Morgan fingerprint density at radius 1 is 1.20 bits per heavy atom. The number of furan rings is 1. The third-order valence-corrected chi connectivity index (χ3v) is 5.30. The lowest BCUT2D eigenvalue weighted by Crippen LogP contribution is -2.25. The van der Waals surface area contributed by atoms with Gasteiger partial charge in [0.15, 0.2) is 5.82 Å². The maximum Gasteiger partial charge on any atom is 0.255 e. The number of rotatable bonds is 6. The van der Waals surface area contributed by atoms with E-state index in [0.717, 1.165) is 41.3 Å². The van der Waals surface area contributed by atoms with Crippen LogP contribution in [0.3, 0.4) is 0 Å². The molecule has 1 N–H and O–H groups in total. The number of carbonyl (C=O) groups excluding carboxylic acids is 1. The van der Waals surface area contributed by atoms with E-state index in [1.807, 2.05) is 42.5 Å². The van der Waals surface area contributed by atoms with Crippen LogP contribution >= 0.6 is 0 Å². The number of hydrogen-bond acceptors (Lipinski definition) is 6. The molecule has 2 aromatic heterocycles. The Balaban J connectivity index is 1.24. The second kappa shape index (κ2) is 8.12. The SMILES string of the molecule is O=C(NCCc1noc(C2CCCO2)n1)c1ccc2c(-c3ccoc3)cccc2c1. The van der Waals surface area contributed by atoms with E-state index in [1.54, 1.807) is 12.5 Å². The van der Waals surface area contributed by atoms with Crippen LogP contribution in [0.1, 0.15) is 41.0 Å². The van der Waals surface area contributed by atoms with Gasteiger partial charge in [0, 0.05) is 30.7 Å². The quantitative estimate of drug-likeness (QED) is 0.516. The first-order chi connectivity index (χ1) is 14.8. The molecular formula is C23H21N3O4. The molecule has 1 aliphatic rings. The van der Waals surface area contributed by atoms with Gasteiger partial charge in [-0.25, -0.2) is 0 Å². The van der Waals surface area contributed by atoms with Gasteiger partial charge in [-0.05, 0) is 47.4 Å². The molecule has 0 saturated carbocycles. The minimum absolute atomic E-state index is 0.0922. The Morgan fingerprint density at radius 3 is 3.00 bits per heavy atom. The highest BCUT2D eigenvalue weighted by atomic mass is 16.5. The predicted molar refractivity (Wildman–Crippen MR) is 110 cm³/mol. The number of nitrogens with one attached hydrogen (secondary N) is 1. The van der Waals surface area contributed by atoms with E-state index >= 15 is 0 Å². The van der Waals surface area contributed by atoms with Crippen LogP contribution in [0.4, 0.5) is 0 Å². The highest BCUT2D eigenvalue weighted by Gasteiger charge is 2.23. The molecule has 7 nitrogen and oxygen atoms in total. The lowest BCUT2D eigenvalue weighted by atomic mass is 9.98. The van der Waals surface area contributed by atoms with Crippen LogP contribution in [0.5, 0.6) is 0 Å². The van der Waals surface area contributed by atoms with Gasteiger partial charge in [-0.2, -0.15) is 4.98 Å². The van der Waals surface area contributed by atoms with Gasteiger partial charge in [0.2, 0.25) is 0 Å². The smallest absolute Gasteiger partial charge is 0.255 e. The summed E-state index contributed by atoms with van der Waals surface area (Å²) in [6.07, 6.45) is 5.70. The fourth-order valence-corrected chi connectivity index (χ4v) is 3.76. The summed E-state index contributed by atoms with van der Waals surface area (Å²) in [6.45, 7) is 1.16. The molecule has 1 unspecified atom stereocenters. The molecule has 0 radical (unpaired) electrons. The van der Waals surface area contributed by atoms with E-state index in [9.17, 15) is 4.79 Å². The van der Waals surface area contributed by atoms with E-state index < -0.39 is 0 Å². The fourth-order valence-electron chi connectivity index (χ4n) is 3.76. The van der Waals surface area contributed by atoms with Crippen LogP contribution in [0.25, 0.3) is 21.9 Å². The third kappa shape index (κ3) is 3.71. The molecule has 5 rings (SSSR count). The molecule has 1 saturated heterocycles. The number of amides is 1. The lowest BCUT2D eigenvalue weighted by molar-refractivity contribution is 0.0835. The van der Waals surface area contributed by atoms with Gasteiger partial charge < -0.3 is 19.0 Å². The Kier molecular flexibility index (Phi) is 5.03. The second-order valence-electron chi connectivity index (χ2n) is 7.31. The van der Waals surface area contributed by atoms with E-state index in [0.29, 0.717) is 30.2 Å². The molecule has 1 atom stereocenters. The fraction of sp³-hybridized carbons (Fsp3) is 0.261. The Bertz CT molecular complexity index is 1160. The van der Waals surface area contributed by atoms with E-state index in [2.05, 4.69) is 15.5 Å². The summed E-state index contributed by atoms with van der Waals surface area (Å²) in [5.74, 6) is 0.967. The number of benzene rings is 2. The molecule has 3 heterocycles. The molecule has 1 aliphatic heterocycles. The number of nitrogens with zero attached hydrogens (tertiary/aromatic N) is 2. The maximum absolute atomic E-state index is 12.6. The Morgan fingerprint density at radius 2 is 2.17 bits per heavy atom. The highest BCUT2D eigenvalue weighted by molar-refractivity contribution is 6.02. The highest BCUT2D eigenvalue weighted by Crippen LogP contribution is 2.29. The number of carbonyl (C=O) groups is 1. The van der Waals surface area contributed by atoms with Crippen molar-refractivity contribution in [3.63, 3.8) is 0 Å². The average Bonchev–Trinajstić information content (AvgIpc) is 3.55. The third-order valence-electron chi connectivity index (χ3n) is 5.30. The molecule has 4 aromatic rings. The Labute approximate surface area is 173 Å². The van der Waals surface area contributed by atoms with Gasteiger partial charge in [-0.15, -0.1) is 0 Å². The minimum atomic E-state index is -0.131. The molecule has 1 fully saturated rings. The number of fused-ring (bicyclic) bond motifs is 1. The largest absolute Gasteiger partial charge is 0.472 e. The van der Waals surface area contributed by atoms with Crippen molar-refractivity contribution in [3.05, 3.63) is 72.3 Å². The Hall–Kier alpha value is -3.45. The summed E-state index contributed by atoms with van der Waals surface area (Å²) in [5.41, 5.74) is 2.70. The summed E-state index contributed by atoms with van der Waals surface area (Å²) < 4.78 is 16.0. The average molecular weight is 403 g/mol. The van der Waals surface area contributed by atoms with E-state index in [4.69, 9.17) is 13.7 Å². The van der Waals surface area contributed by atoms with Gasteiger partial charge in [0.25, 0.3) is 11.8 Å². The molecule has 1 amide bonds. The van der Waals surface area contributed by atoms with Crippen LogP contribution in [0.2, 0.25) is 0 Å². The first-order valence-electron chi connectivity index (χ1n) is 10.1. The second-order valence-corrected chi connectivity index (χ2v) is 7.31. The van der Waals surface area contributed by atoms with Crippen molar-refractivity contribution in [2.45, 2.75) is 25.4 Å². The van der Waals surface area contributed by atoms with Crippen molar-refractivity contribution in [3.8, 4) is 11.1 Å². The van der Waals surface area contributed by atoms with Crippen LogP contribution in [-0.4, -0.2) is 29.2 Å². The van der Waals surface area contributed by atoms with Gasteiger partial charge in [0.1, 0.15) is 6.10 Å². The minimum Gasteiger partial charge on any atom is -0.472 e. The zero-order chi connectivity index (χ0) is 20.3. The van der Waals surface area contributed by atoms with Crippen molar-refractivity contribution in [1.82, 2.24) is 15.5 Å². The van der Waals surface area contributed by atoms with Crippen molar-refractivity contribution in [2.75, 3.05) is 13.2 Å². The molecule has 7 heteroatoms. The molecule has 0 spiro atoms. The normalized spacial score (nSPS) is 16.2. The van der Waals surface area contributed by atoms with Crippen molar-refractivity contribution in [1.29, 1.82) is 0 Å².